The standard InChI is InChI=1S/C17H25NO/c1-19-17-12-5-4-10-16(17)18-15-11-6-8-13-7-2-3-9-14(13)15/h2-3,7,9,15-18H,4-6,8,10-12H2,1H3/p+1/t15-,16+,17-/m1/s1. The molecule has 2 aliphatic rings. The predicted octanol–water partition coefficient (Wildman–Crippen LogP) is 2.58. The largest absolute Gasteiger partial charge is 0.375 e. The van der Waals surface area contributed by atoms with Gasteiger partial charge in [-0.1, -0.05) is 30.7 Å². The van der Waals surface area contributed by atoms with Crippen LogP contribution >= 0.6 is 0 Å². The van der Waals surface area contributed by atoms with E-state index in [2.05, 4.69) is 29.6 Å². The maximum absolute atomic E-state index is 5.70. The molecule has 2 heteroatoms. The molecule has 1 saturated carbocycles. The van der Waals surface area contributed by atoms with Crippen molar-refractivity contribution in [2.75, 3.05) is 7.11 Å². The molecule has 0 amide bonds. The van der Waals surface area contributed by atoms with Crippen molar-refractivity contribution in [3.05, 3.63) is 35.4 Å². The number of benzene rings is 1. The van der Waals surface area contributed by atoms with Crippen LogP contribution in [-0.4, -0.2) is 19.3 Å². The van der Waals surface area contributed by atoms with Crippen molar-refractivity contribution >= 4 is 0 Å². The molecule has 2 nitrogen and oxygen atoms in total. The van der Waals surface area contributed by atoms with Gasteiger partial charge in [0.15, 0.2) is 0 Å². The highest BCUT2D eigenvalue weighted by Crippen LogP contribution is 2.28. The van der Waals surface area contributed by atoms with Crippen molar-refractivity contribution in [3.63, 3.8) is 0 Å². The Hall–Kier alpha value is -0.860. The third-order valence-electron chi connectivity index (χ3n) is 4.95. The topological polar surface area (TPSA) is 25.8 Å². The molecular formula is C17H26NO+. The molecule has 0 saturated heterocycles. The van der Waals surface area contributed by atoms with Gasteiger partial charge >= 0.3 is 0 Å². The van der Waals surface area contributed by atoms with E-state index in [0.717, 1.165) is 0 Å². The fourth-order valence-corrected chi connectivity index (χ4v) is 3.93. The normalized spacial score (nSPS) is 30.9. The van der Waals surface area contributed by atoms with Crippen LogP contribution in [0.3, 0.4) is 0 Å². The van der Waals surface area contributed by atoms with Gasteiger partial charge in [0.05, 0.1) is 0 Å². The SMILES string of the molecule is CO[C@@H]1CCCC[C@@H]1[NH2+][C@@H]1CCCc2ccccc21. The lowest BCUT2D eigenvalue weighted by molar-refractivity contribution is -0.737. The van der Waals surface area contributed by atoms with E-state index in [1.54, 1.807) is 11.1 Å². The smallest absolute Gasteiger partial charge is 0.113 e. The Balaban J connectivity index is 1.73. The predicted molar refractivity (Wildman–Crippen MR) is 77.1 cm³/mol. The van der Waals surface area contributed by atoms with Crippen molar-refractivity contribution in [2.24, 2.45) is 0 Å². The fraction of sp³-hybridized carbons (Fsp3) is 0.647. The van der Waals surface area contributed by atoms with Crippen LogP contribution in [0.2, 0.25) is 0 Å². The number of rotatable bonds is 3. The molecule has 1 aromatic carbocycles. The molecule has 0 unspecified atom stereocenters. The van der Waals surface area contributed by atoms with Crippen molar-refractivity contribution in [3.8, 4) is 0 Å². The van der Waals surface area contributed by atoms with Crippen LogP contribution in [0.5, 0.6) is 0 Å². The Labute approximate surface area is 116 Å². The lowest BCUT2D eigenvalue weighted by Crippen LogP contribution is -2.93. The number of hydrogen-bond acceptors (Lipinski definition) is 1. The van der Waals surface area contributed by atoms with Crippen molar-refractivity contribution in [1.29, 1.82) is 0 Å². The van der Waals surface area contributed by atoms with E-state index >= 15 is 0 Å². The highest BCUT2D eigenvalue weighted by Gasteiger charge is 2.32. The van der Waals surface area contributed by atoms with Crippen LogP contribution in [0.4, 0.5) is 0 Å². The molecule has 0 heterocycles. The zero-order chi connectivity index (χ0) is 13.1. The first-order valence-corrected chi connectivity index (χ1v) is 7.84. The molecule has 1 aromatic rings. The number of hydrogen-bond donors (Lipinski definition) is 1. The van der Waals surface area contributed by atoms with Gasteiger partial charge in [0.25, 0.3) is 0 Å². The molecule has 19 heavy (non-hydrogen) atoms. The third kappa shape index (κ3) is 2.85. The second kappa shape index (κ2) is 6.06. The summed E-state index contributed by atoms with van der Waals surface area (Å²) in [5, 5.41) is 2.62. The Morgan fingerprint density at radius 3 is 2.79 bits per heavy atom. The van der Waals surface area contributed by atoms with Crippen LogP contribution in [0.15, 0.2) is 24.3 Å². The number of quaternary nitrogens is 1. The zero-order valence-electron chi connectivity index (χ0n) is 12.0. The first-order valence-electron chi connectivity index (χ1n) is 7.84. The van der Waals surface area contributed by atoms with Gasteiger partial charge in [-0.15, -0.1) is 0 Å². The second-order valence-corrected chi connectivity index (χ2v) is 6.11. The minimum absolute atomic E-state index is 0.461. The van der Waals surface area contributed by atoms with Crippen LogP contribution in [0.25, 0.3) is 0 Å². The van der Waals surface area contributed by atoms with Gasteiger partial charge in [-0.3, -0.25) is 0 Å². The Morgan fingerprint density at radius 2 is 1.89 bits per heavy atom. The van der Waals surface area contributed by atoms with Gasteiger partial charge in [-0.2, -0.15) is 0 Å². The van der Waals surface area contributed by atoms with Gasteiger partial charge < -0.3 is 10.1 Å². The summed E-state index contributed by atoms with van der Waals surface area (Å²) in [6.07, 6.45) is 9.65. The van der Waals surface area contributed by atoms with Crippen molar-refractivity contribution < 1.29 is 10.1 Å². The van der Waals surface area contributed by atoms with Crippen LogP contribution < -0.4 is 5.32 Å². The van der Waals surface area contributed by atoms with E-state index in [1.165, 1.54) is 44.9 Å². The number of ether oxygens (including phenoxy) is 1. The summed E-state index contributed by atoms with van der Waals surface area (Å²) in [4.78, 5) is 0. The first kappa shape index (κ1) is 13.1. The number of fused-ring (bicyclic) bond motifs is 1. The zero-order valence-corrected chi connectivity index (χ0v) is 12.0. The molecule has 104 valence electrons. The van der Waals surface area contributed by atoms with Crippen LogP contribution in [-0.2, 0) is 11.2 Å². The Kier molecular flexibility index (Phi) is 4.19. The van der Waals surface area contributed by atoms with E-state index in [-0.39, 0.29) is 0 Å². The summed E-state index contributed by atoms with van der Waals surface area (Å²) in [5.74, 6) is 0. The molecule has 2 aliphatic carbocycles. The molecule has 0 spiro atoms. The van der Waals surface area contributed by atoms with Gasteiger partial charge in [-0.25, -0.2) is 0 Å². The Bertz CT molecular complexity index is 417. The molecule has 3 rings (SSSR count). The van der Waals surface area contributed by atoms with Crippen LogP contribution in [0, 0.1) is 0 Å². The average Bonchev–Trinajstić information content (AvgIpc) is 2.48. The number of aryl methyl sites for hydroxylation is 1. The molecule has 0 bridgehead atoms. The molecule has 3 atom stereocenters. The highest BCUT2D eigenvalue weighted by atomic mass is 16.5. The summed E-state index contributed by atoms with van der Waals surface area (Å²) in [6.45, 7) is 0. The molecule has 0 aromatic heterocycles. The molecule has 0 radical (unpaired) electrons. The quantitative estimate of drug-likeness (QED) is 0.888. The molecule has 1 fully saturated rings. The fourth-order valence-electron chi connectivity index (χ4n) is 3.93. The van der Waals surface area contributed by atoms with Crippen molar-refractivity contribution in [1.82, 2.24) is 0 Å². The van der Waals surface area contributed by atoms with Crippen LogP contribution in [0.1, 0.15) is 55.7 Å². The third-order valence-corrected chi connectivity index (χ3v) is 4.95. The molecule has 0 aliphatic heterocycles. The van der Waals surface area contributed by atoms with Gasteiger partial charge in [0, 0.05) is 25.5 Å². The Morgan fingerprint density at radius 1 is 1.05 bits per heavy atom. The summed E-state index contributed by atoms with van der Waals surface area (Å²) >= 11 is 0. The van der Waals surface area contributed by atoms with Gasteiger partial charge in [0.1, 0.15) is 18.2 Å². The molecule has 2 N–H and O–H groups in total. The summed E-state index contributed by atoms with van der Waals surface area (Å²) in [6, 6.07) is 10.3. The van der Waals surface area contributed by atoms with Gasteiger partial charge in [0.2, 0.25) is 0 Å². The average molecular weight is 260 g/mol. The molecular weight excluding hydrogens is 234 g/mol. The minimum atomic E-state index is 0.461. The van der Waals surface area contributed by atoms with E-state index in [9.17, 15) is 0 Å². The number of nitrogens with two attached hydrogens (primary N) is 1. The first-order chi connectivity index (χ1) is 9.38. The minimum Gasteiger partial charge on any atom is -0.375 e. The second-order valence-electron chi connectivity index (χ2n) is 6.11. The van der Waals surface area contributed by atoms with E-state index in [0.29, 0.717) is 18.2 Å². The maximum Gasteiger partial charge on any atom is 0.113 e. The summed E-state index contributed by atoms with van der Waals surface area (Å²) in [5.41, 5.74) is 3.15. The maximum atomic E-state index is 5.70. The highest BCUT2D eigenvalue weighted by molar-refractivity contribution is 5.30. The van der Waals surface area contributed by atoms with Crippen molar-refractivity contribution in [2.45, 2.75) is 63.1 Å². The van der Waals surface area contributed by atoms with E-state index in [1.807, 2.05) is 7.11 Å². The summed E-state index contributed by atoms with van der Waals surface area (Å²) < 4.78 is 5.70. The van der Waals surface area contributed by atoms with E-state index < -0.39 is 0 Å². The van der Waals surface area contributed by atoms with E-state index in [4.69, 9.17) is 4.74 Å². The summed E-state index contributed by atoms with van der Waals surface area (Å²) in [7, 11) is 1.88. The lowest BCUT2D eigenvalue weighted by Gasteiger charge is -2.33. The lowest BCUT2D eigenvalue weighted by atomic mass is 9.85. The van der Waals surface area contributed by atoms with Gasteiger partial charge in [-0.05, 0) is 31.2 Å². The number of methoxy groups -OCH3 is 1. The monoisotopic (exact) mass is 260 g/mol.